The van der Waals surface area contributed by atoms with Crippen molar-refractivity contribution < 1.29 is 18.3 Å². The molecule has 1 unspecified atom stereocenters. The van der Waals surface area contributed by atoms with E-state index in [1.165, 1.54) is 6.07 Å². The summed E-state index contributed by atoms with van der Waals surface area (Å²) in [4.78, 5) is 3.87. The highest BCUT2D eigenvalue weighted by Gasteiger charge is 2.30. The van der Waals surface area contributed by atoms with Gasteiger partial charge in [0.15, 0.2) is 0 Å². The highest BCUT2D eigenvalue weighted by Crippen LogP contribution is 2.32. The zero-order valence-electron chi connectivity index (χ0n) is 10.9. The summed E-state index contributed by atoms with van der Waals surface area (Å²) >= 11 is 0. The number of aryl methyl sites for hydroxylation is 1. The van der Waals surface area contributed by atoms with Crippen molar-refractivity contribution in [1.82, 2.24) is 4.98 Å². The van der Waals surface area contributed by atoms with Gasteiger partial charge in [0.25, 0.3) is 0 Å². The Morgan fingerprint density at radius 1 is 1.15 bits per heavy atom. The number of nitrogens with zero attached hydrogens (tertiary/aromatic N) is 1. The van der Waals surface area contributed by atoms with Gasteiger partial charge in [0.2, 0.25) is 0 Å². The largest absolute Gasteiger partial charge is 0.416 e. The topological polar surface area (TPSA) is 33.1 Å². The van der Waals surface area contributed by atoms with E-state index in [9.17, 15) is 18.3 Å². The second-order valence-electron chi connectivity index (χ2n) is 4.64. The standard InChI is InChI=1S/C15H14F3NO/c1-10-8-12(15(16,17)18)2-3-13(10)14(20)9-11-4-6-19-7-5-11/h2-8,14,20H,9H2,1H3. The number of aliphatic hydroxyl groups is 1. The van der Waals surface area contributed by atoms with Gasteiger partial charge in [-0.15, -0.1) is 0 Å². The highest BCUT2D eigenvalue weighted by atomic mass is 19.4. The fraction of sp³-hybridized carbons (Fsp3) is 0.267. The molecule has 0 saturated heterocycles. The Labute approximate surface area is 114 Å². The lowest BCUT2D eigenvalue weighted by Crippen LogP contribution is -2.08. The van der Waals surface area contributed by atoms with Gasteiger partial charge < -0.3 is 5.11 Å². The van der Waals surface area contributed by atoms with E-state index in [2.05, 4.69) is 4.98 Å². The van der Waals surface area contributed by atoms with Crippen LogP contribution in [0.5, 0.6) is 0 Å². The summed E-state index contributed by atoms with van der Waals surface area (Å²) in [6, 6.07) is 6.93. The molecular formula is C15H14F3NO. The predicted octanol–water partition coefficient (Wildman–Crippen LogP) is 3.68. The summed E-state index contributed by atoms with van der Waals surface area (Å²) in [5, 5.41) is 10.1. The maximum absolute atomic E-state index is 12.6. The maximum atomic E-state index is 12.6. The van der Waals surface area contributed by atoms with E-state index in [-0.39, 0.29) is 0 Å². The van der Waals surface area contributed by atoms with Crippen LogP contribution in [0, 0.1) is 6.92 Å². The number of pyridine rings is 1. The smallest absolute Gasteiger partial charge is 0.388 e. The minimum absolute atomic E-state index is 0.342. The van der Waals surface area contributed by atoms with Gasteiger partial charge in [0.05, 0.1) is 11.7 Å². The maximum Gasteiger partial charge on any atom is 0.416 e. The molecule has 0 spiro atoms. The van der Waals surface area contributed by atoms with Crippen LogP contribution in [0.15, 0.2) is 42.7 Å². The molecule has 1 N–H and O–H groups in total. The summed E-state index contributed by atoms with van der Waals surface area (Å²) in [7, 11) is 0. The molecule has 0 aliphatic carbocycles. The van der Waals surface area contributed by atoms with E-state index in [1.54, 1.807) is 31.5 Å². The molecule has 0 bridgehead atoms. The molecule has 1 atom stereocenters. The second kappa shape index (κ2) is 5.63. The van der Waals surface area contributed by atoms with Gasteiger partial charge in [0.1, 0.15) is 0 Å². The summed E-state index contributed by atoms with van der Waals surface area (Å²) < 4.78 is 37.7. The predicted molar refractivity (Wildman–Crippen MR) is 69.1 cm³/mol. The van der Waals surface area contributed by atoms with Crippen molar-refractivity contribution in [1.29, 1.82) is 0 Å². The third-order valence-corrected chi connectivity index (χ3v) is 3.13. The van der Waals surface area contributed by atoms with Gasteiger partial charge in [-0.05, 0) is 47.9 Å². The van der Waals surface area contributed by atoms with Gasteiger partial charge in [-0.1, -0.05) is 6.07 Å². The SMILES string of the molecule is Cc1cc(C(F)(F)F)ccc1C(O)Cc1ccncc1. The van der Waals surface area contributed by atoms with Crippen LogP contribution >= 0.6 is 0 Å². The number of halogens is 3. The van der Waals surface area contributed by atoms with E-state index in [0.29, 0.717) is 17.5 Å². The molecule has 0 radical (unpaired) electrons. The number of rotatable bonds is 3. The van der Waals surface area contributed by atoms with Crippen molar-refractivity contribution in [2.24, 2.45) is 0 Å². The third kappa shape index (κ3) is 3.36. The molecule has 106 valence electrons. The van der Waals surface area contributed by atoms with Crippen molar-refractivity contribution in [2.75, 3.05) is 0 Å². The van der Waals surface area contributed by atoms with Crippen LogP contribution in [0.2, 0.25) is 0 Å². The summed E-state index contributed by atoms with van der Waals surface area (Å²) in [6.45, 7) is 1.57. The molecular weight excluding hydrogens is 267 g/mol. The first-order chi connectivity index (χ1) is 9.38. The molecule has 2 aromatic rings. The Hall–Kier alpha value is -1.88. The fourth-order valence-corrected chi connectivity index (χ4v) is 2.08. The normalized spacial score (nSPS) is 13.2. The number of hydrogen-bond acceptors (Lipinski definition) is 2. The first-order valence-corrected chi connectivity index (χ1v) is 6.12. The van der Waals surface area contributed by atoms with E-state index in [0.717, 1.165) is 17.7 Å². The summed E-state index contributed by atoms with van der Waals surface area (Å²) in [6.07, 6.45) is -1.63. The molecule has 1 aromatic carbocycles. The lowest BCUT2D eigenvalue weighted by molar-refractivity contribution is -0.137. The van der Waals surface area contributed by atoms with Crippen molar-refractivity contribution in [2.45, 2.75) is 25.6 Å². The molecule has 0 fully saturated rings. The Kier molecular flexibility index (Phi) is 4.09. The molecule has 0 aliphatic heterocycles. The first-order valence-electron chi connectivity index (χ1n) is 6.12. The molecule has 2 rings (SSSR count). The Morgan fingerprint density at radius 2 is 1.80 bits per heavy atom. The van der Waals surface area contributed by atoms with Crippen LogP contribution in [-0.2, 0) is 12.6 Å². The quantitative estimate of drug-likeness (QED) is 0.930. The van der Waals surface area contributed by atoms with Crippen molar-refractivity contribution in [3.63, 3.8) is 0 Å². The van der Waals surface area contributed by atoms with Crippen LogP contribution in [0.4, 0.5) is 13.2 Å². The van der Waals surface area contributed by atoms with Crippen LogP contribution in [0.25, 0.3) is 0 Å². The summed E-state index contributed by atoms with van der Waals surface area (Å²) in [5.74, 6) is 0. The highest BCUT2D eigenvalue weighted by molar-refractivity contribution is 5.34. The minimum Gasteiger partial charge on any atom is -0.388 e. The lowest BCUT2D eigenvalue weighted by atomic mass is 9.96. The fourth-order valence-electron chi connectivity index (χ4n) is 2.08. The van der Waals surface area contributed by atoms with Crippen LogP contribution in [-0.4, -0.2) is 10.1 Å². The van der Waals surface area contributed by atoms with Crippen molar-refractivity contribution >= 4 is 0 Å². The van der Waals surface area contributed by atoms with E-state index >= 15 is 0 Å². The van der Waals surface area contributed by atoms with Gasteiger partial charge in [0, 0.05) is 18.8 Å². The van der Waals surface area contributed by atoms with E-state index in [4.69, 9.17) is 0 Å². The number of aliphatic hydroxyl groups excluding tert-OH is 1. The zero-order valence-corrected chi connectivity index (χ0v) is 10.9. The second-order valence-corrected chi connectivity index (χ2v) is 4.64. The number of alkyl halides is 3. The molecule has 2 nitrogen and oxygen atoms in total. The Morgan fingerprint density at radius 3 is 2.35 bits per heavy atom. The number of benzene rings is 1. The monoisotopic (exact) mass is 281 g/mol. The van der Waals surface area contributed by atoms with Gasteiger partial charge in [-0.25, -0.2) is 0 Å². The Balaban J connectivity index is 2.21. The third-order valence-electron chi connectivity index (χ3n) is 3.13. The summed E-state index contributed by atoms with van der Waals surface area (Å²) in [5.41, 5.74) is 1.12. The van der Waals surface area contributed by atoms with E-state index < -0.39 is 17.8 Å². The van der Waals surface area contributed by atoms with Crippen LogP contribution < -0.4 is 0 Å². The van der Waals surface area contributed by atoms with Gasteiger partial charge >= 0.3 is 6.18 Å². The van der Waals surface area contributed by atoms with Gasteiger partial charge in [-0.2, -0.15) is 13.2 Å². The van der Waals surface area contributed by atoms with Crippen molar-refractivity contribution in [3.8, 4) is 0 Å². The molecule has 0 aliphatic rings. The lowest BCUT2D eigenvalue weighted by Gasteiger charge is -2.16. The van der Waals surface area contributed by atoms with Crippen LogP contribution in [0.3, 0.4) is 0 Å². The number of hydrogen-bond donors (Lipinski definition) is 1. The molecule has 1 heterocycles. The first kappa shape index (κ1) is 14.5. The molecule has 0 amide bonds. The molecule has 0 saturated carbocycles. The zero-order chi connectivity index (χ0) is 14.8. The molecule has 5 heteroatoms. The minimum atomic E-state index is -4.36. The van der Waals surface area contributed by atoms with Gasteiger partial charge in [-0.3, -0.25) is 4.98 Å². The molecule has 20 heavy (non-hydrogen) atoms. The van der Waals surface area contributed by atoms with E-state index in [1.807, 2.05) is 0 Å². The Bertz CT molecular complexity index is 581. The average Bonchev–Trinajstić information content (AvgIpc) is 2.38. The number of aromatic nitrogens is 1. The molecule has 1 aromatic heterocycles. The van der Waals surface area contributed by atoms with Crippen LogP contribution in [0.1, 0.15) is 28.4 Å². The van der Waals surface area contributed by atoms with Crippen molar-refractivity contribution in [3.05, 3.63) is 65.0 Å². The average molecular weight is 281 g/mol.